The van der Waals surface area contributed by atoms with Crippen LogP contribution in [0.15, 0.2) is 48.8 Å². The number of carbonyl (C=O) groups is 4. The maximum atomic E-state index is 13.8. The van der Waals surface area contributed by atoms with Gasteiger partial charge in [0, 0.05) is 30.2 Å². The first kappa shape index (κ1) is 42.7. The molecule has 4 heterocycles. The molecule has 4 aromatic rings. The van der Waals surface area contributed by atoms with E-state index in [-0.39, 0.29) is 39.8 Å². The maximum Gasteiger partial charge on any atom is 0.407 e. The topological polar surface area (TPSA) is 175 Å². The van der Waals surface area contributed by atoms with E-state index in [0.29, 0.717) is 18.9 Å². The van der Waals surface area contributed by atoms with Gasteiger partial charge in [0.2, 0.25) is 11.8 Å². The van der Waals surface area contributed by atoms with Crippen LogP contribution in [-0.4, -0.2) is 105 Å². The quantitative estimate of drug-likeness (QED) is 0.117. The molecule has 4 unspecified atom stereocenters. The molecule has 0 radical (unpaired) electrons. The van der Waals surface area contributed by atoms with Gasteiger partial charge >= 0.3 is 12.2 Å². The van der Waals surface area contributed by atoms with Crippen molar-refractivity contribution in [3.05, 3.63) is 71.6 Å². The van der Waals surface area contributed by atoms with Crippen molar-refractivity contribution in [1.82, 2.24) is 40.4 Å². The van der Waals surface area contributed by atoms with Crippen LogP contribution >= 0.6 is 23.5 Å². The second kappa shape index (κ2) is 17.8. The van der Waals surface area contributed by atoms with Crippen molar-refractivity contribution >= 4 is 47.5 Å². The van der Waals surface area contributed by atoms with Crippen molar-refractivity contribution in [3.63, 3.8) is 0 Å². The number of aromatic nitrogens is 4. The van der Waals surface area contributed by atoms with Crippen LogP contribution < -0.4 is 10.6 Å². The molecule has 14 nitrogen and oxygen atoms in total. The largest absolute Gasteiger partial charge is 0.453 e. The zero-order chi connectivity index (χ0) is 43.0. The number of benzene rings is 2. The molecule has 2 aromatic heterocycles. The first-order chi connectivity index (χ1) is 29.4. The molecule has 8 rings (SSSR count). The lowest BCUT2D eigenvalue weighted by Gasteiger charge is -2.29. The fraction of sp³-hybridized carbons (Fsp3) is 0.511. The van der Waals surface area contributed by atoms with Crippen LogP contribution in [0.3, 0.4) is 0 Å². The van der Waals surface area contributed by atoms with Crippen molar-refractivity contribution in [1.29, 1.82) is 0 Å². The molecular weight excluding hydrogens is 813 g/mol. The summed E-state index contributed by atoms with van der Waals surface area (Å²) in [5.41, 5.74) is 9.43. The zero-order valence-corrected chi connectivity index (χ0v) is 37.3. The van der Waals surface area contributed by atoms with Crippen LogP contribution in [-0.2, 0) is 31.9 Å². The molecule has 324 valence electrons. The second-order valence-corrected chi connectivity index (χ2v) is 19.7. The highest BCUT2D eigenvalue weighted by molar-refractivity contribution is 8.00. The number of imidazole rings is 2. The molecule has 1 spiro atoms. The summed E-state index contributed by atoms with van der Waals surface area (Å²) in [6.45, 7) is 8.78. The lowest BCUT2D eigenvalue weighted by Crippen LogP contribution is -2.51. The number of H-pyrrole nitrogens is 2. The molecule has 2 aliphatic heterocycles. The molecule has 2 aromatic carbocycles. The van der Waals surface area contributed by atoms with Gasteiger partial charge in [-0.15, -0.1) is 23.5 Å². The SMILES string of the molecule is COC(=O)NC(C(=O)N1CCSC1c1ncc(-c2ccc(-c3ccc(-c4cnc(C5SCCN5C(=O)C(NC(=O)OC)C(C)C)[nH]4)c4c3CC3(CCCC3)C4)cc2)[nH]1)C(C)C. The van der Waals surface area contributed by atoms with E-state index in [0.717, 1.165) is 58.2 Å². The number of nitrogens with one attached hydrogen (secondary N) is 4. The van der Waals surface area contributed by atoms with E-state index in [2.05, 4.69) is 57.0 Å². The molecule has 4 N–H and O–H groups in total. The molecule has 4 aliphatic rings. The van der Waals surface area contributed by atoms with Crippen molar-refractivity contribution < 1.29 is 28.7 Å². The van der Waals surface area contributed by atoms with Gasteiger partial charge in [0.1, 0.15) is 34.5 Å². The number of aromatic amines is 2. The highest BCUT2D eigenvalue weighted by Gasteiger charge is 2.43. The third-order valence-corrected chi connectivity index (χ3v) is 15.2. The number of amides is 4. The van der Waals surface area contributed by atoms with Crippen LogP contribution in [0.1, 0.15) is 86.9 Å². The Morgan fingerprint density at radius 1 is 0.689 bits per heavy atom. The number of hydrogen-bond donors (Lipinski definition) is 4. The Morgan fingerprint density at radius 2 is 1.15 bits per heavy atom. The van der Waals surface area contributed by atoms with E-state index in [1.807, 2.05) is 45.0 Å². The van der Waals surface area contributed by atoms with Crippen molar-refractivity contribution in [2.24, 2.45) is 17.3 Å². The fourth-order valence-corrected chi connectivity index (χ4v) is 11.9. The van der Waals surface area contributed by atoms with Gasteiger partial charge in [-0.3, -0.25) is 9.59 Å². The van der Waals surface area contributed by atoms with Gasteiger partial charge in [-0.25, -0.2) is 19.6 Å². The zero-order valence-electron chi connectivity index (χ0n) is 35.7. The molecule has 61 heavy (non-hydrogen) atoms. The highest BCUT2D eigenvalue weighted by atomic mass is 32.2. The number of carbonyl (C=O) groups excluding carboxylic acids is 4. The number of rotatable bonds is 11. The van der Waals surface area contributed by atoms with Crippen LogP contribution in [0.4, 0.5) is 9.59 Å². The summed E-state index contributed by atoms with van der Waals surface area (Å²) in [6.07, 6.45) is 9.53. The predicted molar refractivity (Wildman–Crippen MR) is 238 cm³/mol. The van der Waals surface area contributed by atoms with Gasteiger partial charge in [0.25, 0.3) is 0 Å². The van der Waals surface area contributed by atoms with E-state index < -0.39 is 24.3 Å². The third kappa shape index (κ3) is 8.49. The average molecular weight is 869 g/mol. The molecule has 16 heteroatoms. The van der Waals surface area contributed by atoms with E-state index in [1.54, 1.807) is 28.4 Å². The Morgan fingerprint density at radius 3 is 1.66 bits per heavy atom. The summed E-state index contributed by atoms with van der Waals surface area (Å²) < 4.78 is 9.60. The first-order valence-electron chi connectivity index (χ1n) is 21.3. The minimum Gasteiger partial charge on any atom is -0.453 e. The van der Waals surface area contributed by atoms with Gasteiger partial charge < -0.3 is 39.9 Å². The Labute approximate surface area is 365 Å². The predicted octanol–water partition coefficient (Wildman–Crippen LogP) is 7.70. The van der Waals surface area contributed by atoms with Crippen molar-refractivity contribution in [2.45, 2.75) is 89.1 Å². The summed E-state index contributed by atoms with van der Waals surface area (Å²) in [5, 5.41) is 4.87. The normalized spacial score (nSPS) is 20.3. The number of hydrogen-bond acceptors (Lipinski definition) is 10. The number of nitrogens with zero attached hydrogens (tertiary/aromatic N) is 4. The van der Waals surface area contributed by atoms with Crippen LogP contribution in [0.25, 0.3) is 33.6 Å². The second-order valence-electron chi connectivity index (χ2n) is 17.3. The highest BCUT2D eigenvalue weighted by Crippen LogP contribution is 2.53. The number of thioether (sulfide) groups is 2. The number of methoxy groups -OCH3 is 2. The smallest absolute Gasteiger partial charge is 0.407 e. The molecule has 1 saturated carbocycles. The monoisotopic (exact) mass is 868 g/mol. The molecule has 2 aliphatic carbocycles. The van der Waals surface area contributed by atoms with Gasteiger partial charge in [-0.05, 0) is 70.8 Å². The summed E-state index contributed by atoms with van der Waals surface area (Å²) in [5.74, 6) is 2.46. The minimum absolute atomic E-state index is 0.114. The molecule has 3 fully saturated rings. The van der Waals surface area contributed by atoms with Gasteiger partial charge in [-0.1, -0.05) is 76.9 Å². The number of fused-ring (bicyclic) bond motifs is 1. The van der Waals surface area contributed by atoms with Gasteiger partial charge in [-0.2, -0.15) is 0 Å². The molecular formula is C45H56N8O6S2. The summed E-state index contributed by atoms with van der Waals surface area (Å²) >= 11 is 3.33. The maximum absolute atomic E-state index is 13.8. The summed E-state index contributed by atoms with van der Waals surface area (Å²) in [7, 11) is 2.60. The Kier molecular flexibility index (Phi) is 12.5. The Balaban J connectivity index is 1.03. The summed E-state index contributed by atoms with van der Waals surface area (Å²) in [4.78, 5) is 71.9. The number of alkyl carbamates (subject to hydrolysis) is 2. The van der Waals surface area contributed by atoms with E-state index in [1.165, 1.54) is 56.6 Å². The van der Waals surface area contributed by atoms with Crippen LogP contribution in [0, 0.1) is 17.3 Å². The summed E-state index contributed by atoms with van der Waals surface area (Å²) in [6, 6.07) is 11.7. The standard InChI is InChI=1S/C45H56N8O6S2/c1-25(2)35(50-43(56)58-5)39(54)52-17-19-60-41(52)37-46-23-33(48-37)28-11-9-27(10-12-28)29-13-14-30(32-22-45(21-31(29)32)15-7-8-16-45)34-24-47-38(49-34)42-53(18-20-61-42)40(55)36(26(3)4)51-44(57)59-6/h9-14,23-26,35-36,41-42H,7-8,15-22H2,1-6H3,(H,46,48)(H,47,49)(H,50,56)(H,51,57). The average Bonchev–Trinajstić information content (AvgIpc) is 4.12. The fourth-order valence-electron chi connectivity index (χ4n) is 9.55. The van der Waals surface area contributed by atoms with Crippen LogP contribution in [0.5, 0.6) is 0 Å². The lowest BCUT2D eigenvalue weighted by atomic mass is 9.82. The molecule has 4 atom stereocenters. The van der Waals surface area contributed by atoms with Gasteiger partial charge in [0.15, 0.2) is 0 Å². The Bertz CT molecular complexity index is 2270. The van der Waals surface area contributed by atoms with Crippen molar-refractivity contribution in [2.75, 3.05) is 38.8 Å². The Hall–Kier alpha value is -4.96. The minimum atomic E-state index is -0.701. The molecule has 2 saturated heterocycles. The third-order valence-electron chi connectivity index (χ3n) is 12.8. The molecule has 4 amide bonds. The van der Waals surface area contributed by atoms with E-state index in [4.69, 9.17) is 19.4 Å². The van der Waals surface area contributed by atoms with Crippen molar-refractivity contribution in [3.8, 4) is 33.6 Å². The molecule has 0 bridgehead atoms. The first-order valence-corrected chi connectivity index (χ1v) is 23.4. The lowest BCUT2D eigenvalue weighted by molar-refractivity contribution is -0.135. The van der Waals surface area contributed by atoms with E-state index >= 15 is 0 Å². The van der Waals surface area contributed by atoms with Crippen LogP contribution in [0.2, 0.25) is 0 Å². The number of ether oxygens (including phenoxy) is 2. The van der Waals surface area contributed by atoms with Gasteiger partial charge in [0.05, 0.1) is 38.0 Å². The van der Waals surface area contributed by atoms with E-state index in [9.17, 15) is 19.2 Å².